The molecule has 0 aliphatic carbocycles. The first-order valence-electron chi connectivity index (χ1n) is 8.74. The molecular weight excluding hydrogens is 326 g/mol. The van der Waals surface area contributed by atoms with Crippen molar-refractivity contribution < 1.29 is 14.1 Å². The van der Waals surface area contributed by atoms with Crippen LogP contribution in [0.15, 0.2) is 48.5 Å². The largest absolute Gasteiger partial charge is 0.467 e. The number of fused-ring (bicyclic) bond motifs is 1. The highest BCUT2D eigenvalue weighted by Crippen LogP contribution is 2.23. The normalized spacial score (nSPS) is 11.7. The quantitative estimate of drug-likeness (QED) is 0.580. The molecule has 0 aliphatic rings. The Morgan fingerprint density at radius 2 is 1.77 bits per heavy atom. The van der Waals surface area contributed by atoms with Gasteiger partial charge in [0.05, 0.1) is 13.7 Å². The smallest absolute Gasteiger partial charge is 0.356 e. The molecule has 3 aromatic rings. The average molecular weight is 352 g/mol. The number of nitrogen functional groups attached to an aromatic ring is 1. The van der Waals surface area contributed by atoms with E-state index in [0.717, 1.165) is 16.6 Å². The lowest BCUT2D eigenvalue weighted by atomic mass is 9.87. The fourth-order valence-electron chi connectivity index (χ4n) is 3.13. The highest BCUT2D eigenvalue weighted by atomic mass is 16.5. The van der Waals surface area contributed by atoms with E-state index < -0.39 is 0 Å². The van der Waals surface area contributed by atoms with Gasteiger partial charge in [-0.1, -0.05) is 57.2 Å². The van der Waals surface area contributed by atoms with Crippen molar-refractivity contribution in [3.63, 3.8) is 0 Å². The van der Waals surface area contributed by atoms with Crippen LogP contribution in [0.25, 0.3) is 11.0 Å². The van der Waals surface area contributed by atoms with Crippen molar-refractivity contribution in [1.29, 1.82) is 0 Å². The van der Waals surface area contributed by atoms with Gasteiger partial charge in [0.2, 0.25) is 0 Å². The number of benzene rings is 2. The van der Waals surface area contributed by atoms with Gasteiger partial charge in [-0.3, -0.25) is 5.73 Å². The molecule has 1 heterocycles. The lowest BCUT2D eigenvalue weighted by molar-refractivity contribution is -0.648. The number of esters is 1. The number of carbonyl (C=O) groups is 1. The van der Waals surface area contributed by atoms with Crippen molar-refractivity contribution in [2.24, 2.45) is 0 Å². The van der Waals surface area contributed by atoms with Gasteiger partial charge in [-0.05, 0) is 28.7 Å². The van der Waals surface area contributed by atoms with E-state index in [1.165, 1.54) is 12.7 Å². The average Bonchev–Trinajstić information content (AvgIpc) is 2.87. The molecule has 3 rings (SSSR count). The number of aromatic nitrogens is 2. The molecule has 2 aromatic carbocycles. The van der Waals surface area contributed by atoms with Gasteiger partial charge in [0.15, 0.2) is 6.54 Å². The summed E-state index contributed by atoms with van der Waals surface area (Å²) in [7, 11) is 1.38. The first-order valence-corrected chi connectivity index (χ1v) is 8.74. The maximum Gasteiger partial charge on any atom is 0.356 e. The lowest BCUT2D eigenvalue weighted by Gasteiger charge is -2.19. The molecule has 0 saturated heterocycles. The zero-order valence-corrected chi connectivity index (χ0v) is 15.8. The van der Waals surface area contributed by atoms with E-state index in [1.54, 1.807) is 4.57 Å². The molecule has 0 bridgehead atoms. The molecule has 0 spiro atoms. The van der Waals surface area contributed by atoms with Crippen molar-refractivity contribution in [2.75, 3.05) is 12.8 Å². The number of hydrogen-bond acceptors (Lipinski definition) is 3. The Balaban J connectivity index is 2.00. The third-order valence-electron chi connectivity index (χ3n) is 4.69. The second-order valence-electron chi connectivity index (χ2n) is 7.54. The van der Waals surface area contributed by atoms with Crippen LogP contribution in [0.1, 0.15) is 31.9 Å². The predicted octanol–water partition coefficient (Wildman–Crippen LogP) is 3.03. The van der Waals surface area contributed by atoms with Crippen molar-refractivity contribution in [3.05, 3.63) is 59.7 Å². The molecule has 0 fully saturated rings. The van der Waals surface area contributed by atoms with E-state index in [1.807, 2.05) is 28.8 Å². The predicted molar refractivity (Wildman–Crippen MR) is 103 cm³/mol. The van der Waals surface area contributed by atoms with Gasteiger partial charge < -0.3 is 4.74 Å². The Bertz CT molecular complexity index is 934. The van der Waals surface area contributed by atoms with Crippen molar-refractivity contribution in [1.82, 2.24) is 4.57 Å². The fourth-order valence-corrected chi connectivity index (χ4v) is 3.13. The van der Waals surface area contributed by atoms with E-state index in [4.69, 9.17) is 10.5 Å². The maximum atomic E-state index is 11.8. The number of imidazole rings is 1. The minimum Gasteiger partial charge on any atom is -0.467 e. The molecule has 0 saturated carbocycles. The van der Waals surface area contributed by atoms with Gasteiger partial charge in [0.25, 0.3) is 0 Å². The summed E-state index contributed by atoms with van der Waals surface area (Å²) < 4.78 is 8.63. The number of hydrogen-bond donors (Lipinski definition) is 1. The van der Waals surface area contributed by atoms with Gasteiger partial charge in [0.1, 0.15) is 11.0 Å². The number of nitrogens with zero attached hydrogens (tertiary/aromatic N) is 2. The Kier molecular flexibility index (Phi) is 4.72. The molecule has 5 heteroatoms. The molecule has 136 valence electrons. The van der Waals surface area contributed by atoms with Crippen LogP contribution in [0.4, 0.5) is 5.95 Å². The number of rotatable bonds is 4. The standard InChI is InChI=1S/C21H25N3O2/c1-21(2,3)16-11-9-15(10-12-16)13-23-17-7-5-6-8-18(17)24(20(23)22)14-19(25)26-4/h5-12,22H,13-14H2,1-4H3/p+1. The van der Waals surface area contributed by atoms with Crippen molar-refractivity contribution in [2.45, 2.75) is 39.3 Å². The van der Waals surface area contributed by atoms with E-state index in [9.17, 15) is 4.79 Å². The summed E-state index contributed by atoms with van der Waals surface area (Å²) in [5.74, 6) is 0.218. The molecule has 0 atom stereocenters. The second-order valence-corrected chi connectivity index (χ2v) is 7.54. The zero-order chi connectivity index (χ0) is 18.9. The highest BCUT2D eigenvalue weighted by molar-refractivity contribution is 5.77. The first-order chi connectivity index (χ1) is 12.3. The van der Waals surface area contributed by atoms with Crippen LogP contribution in [0, 0.1) is 0 Å². The molecule has 1 aromatic heterocycles. The first kappa shape index (κ1) is 18.0. The Hall–Kier alpha value is -2.82. The van der Waals surface area contributed by atoms with E-state index >= 15 is 0 Å². The molecule has 0 amide bonds. The van der Waals surface area contributed by atoms with Crippen molar-refractivity contribution in [3.8, 4) is 0 Å². The fraction of sp³-hybridized carbons (Fsp3) is 0.333. The zero-order valence-electron chi connectivity index (χ0n) is 15.8. The SMILES string of the molecule is COC(=O)Cn1c(N)[n+](Cc2ccc(C(C)(C)C)cc2)c2ccccc21. The molecular formula is C21H26N3O2+. The van der Waals surface area contributed by atoms with E-state index in [0.29, 0.717) is 12.5 Å². The topological polar surface area (TPSA) is 61.1 Å². The maximum absolute atomic E-state index is 11.8. The van der Waals surface area contributed by atoms with Gasteiger partial charge in [0, 0.05) is 0 Å². The minimum atomic E-state index is -0.320. The van der Waals surface area contributed by atoms with Crippen molar-refractivity contribution >= 4 is 23.0 Å². The van der Waals surface area contributed by atoms with E-state index in [2.05, 4.69) is 45.0 Å². The number of ether oxygens (including phenoxy) is 1. The third kappa shape index (κ3) is 3.43. The molecule has 0 radical (unpaired) electrons. The molecule has 2 N–H and O–H groups in total. The summed E-state index contributed by atoms with van der Waals surface area (Å²) in [5, 5.41) is 0. The van der Waals surface area contributed by atoms with Crippen LogP contribution >= 0.6 is 0 Å². The monoisotopic (exact) mass is 352 g/mol. The van der Waals surface area contributed by atoms with Crippen LogP contribution in [-0.4, -0.2) is 17.6 Å². The minimum absolute atomic E-state index is 0.0960. The summed E-state index contributed by atoms with van der Waals surface area (Å²) >= 11 is 0. The number of carbonyl (C=O) groups excluding carboxylic acids is 1. The Labute approximate surface area is 154 Å². The Morgan fingerprint density at radius 1 is 1.12 bits per heavy atom. The third-order valence-corrected chi connectivity index (χ3v) is 4.69. The molecule has 26 heavy (non-hydrogen) atoms. The second kappa shape index (κ2) is 6.83. The summed E-state index contributed by atoms with van der Waals surface area (Å²) in [5.41, 5.74) is 10.9. The van der Waals surface area contributed by atoms with Gasteiger partial charge in [-0.15, -0.1) is 0 Å². The van der Waals surface area contributed by atoms with Crippen LogP contribution in [0.2, 0.25) is 0 Å². The van der Waals surface area contributed by atoms with Crippen LogP contribution < -0.4 is 10.3 Å². The van der Waals surface area contributed by atoms with Crippen LogP contribution in [0.5, 0.6) is 0 Å². The summed E-state index contributed by atoms with van der Waals surface area (Å²) in [6.07, 6.45) is 0. The summed E-state index contributed by atoms with van der Waals surface area (Å²) in [6, 6.07) is 16.5. The number of methoxy groups -OCH3 is 1. The van der Waals surface area contributed by atoms with Gasteiger partial charge in [-0.2, -0.15) is 0 Å². The summed E-state index contributed by atoms with van der Waals surface area (Å²) in [6.45, 7) is 7.35. The highest BCUT2D eigenvalue weighted by Gasteiger charge is 2.23. The Morgan fingerprint density at radius 3 is 2.38 bits per heavy atom. The molecule has 0 aliphatic heterocycles. The van der Waals surface area contributed by atoms with E-state index in [-0.39, 0.29) is 17.9 Å². The lowest BCUT2D eigenvalue weighted by Crippen LogP contribution is -2.37. The van der Waals surface area contributed by atoms with Gasteiger partial charge >= 0.3 is 11.9 Å². The number of anilines is 1. The summed E-state index contributed by atoms with van der Waals surface area (Å²) in [4.78, 5) is 11.8. The number of para-hydroxylation sites is 2. The van der Waals surface area contributed by atoms with Crippen LogP contribution in [0.3, 0.4) is 0 Å². The molecule has 0 unspecified atom stereocenters. The number of nitrogens with two attached hydrogens (primary N) is 1. The van der Waals surface area contributed by atoms with Gasteiger partial charge in [-0.25, -0.2) is 13.9 Å². The molecule has 5 nitrogen and oxygen atoms in total. The van der Waals surface area contributed by atoms with Crippen LogP contribution in [-0.2, 0) is 28.0 Å².